The fraction of sp³-hybridized carbons (Fsp3) is 0.360. The van der Waals surface area contributed by atoms with Crippen molar-refractivity contribution in [3.05, 3.63) is 70.0 Å². The largest absolute Gasteiger partial charge is 0.353 e. The highest BCUT2D eigenvalue weighted by Crippen LogP contribution is 2.30. The molecule has 6 heteroatoms. The number of aromatic nitrogens is 2. The third-order valence-electron chi connectivity index (χ3n) is 6.30. The van der Waals surface area contributed by atoms with Gasteiger partial charge in [-0.1, -0.05) is 43.7 Å². The van der Waals surface area contributed by atoms with E-state index in [9.17, 15) is 4.79 Å². The molecule has 0 spiro atoms. The third-order valence-corrected chi connectivity index (χ3v) is 7.11. The number of H-pyrrole nitrogens is 1. The molecule has 1 N–H and O–H groups in total. The molecule has 0 radical (unpaired) electrons. The zero-order valence-corrected chi connectivity index (χ0v) is 18.8. The standard InChI is InChI=1S/C25H28N4OS/c1-2-6-19-17-23(30)26-24-18(7-5-9-20(19)24)11-12-28-13-15-29(16-14-28)25-21-8-3-4-10-22(21)31-27-25/h3-5,7-10,17H,2,6,11-16H2,1H3,(H,26,30). The Morgan fingerprint density at radius 3 is 2.61 bits per heavy atom. The van der Waals surface area contributed by atoms with Crippen molar-refractivity contribution in [2.75, 3.05) is 37.6 Å². The Bertz CT molecular complexity index is 1250. The number of benzene rings is 2. The lowest BCUT2D eigenvalue weighted by molar-refractivity contribution is 0.261. The maximum Gasteiger partial charge on any atom is 0.248 e. The molecule has 0 bridgehead atoms. The second-order valence-corrected chi connectivity index (χ2v) is 9.13. The van der Waals surface area contributed by atoms with Crippen LogP contribution < -0.4 is 10.5 Å². The highest BCUT2D eigenvalue weighted by Gasteiger charge is 2.20. The van der Waals surface area contributed by atoms with E-state index in [0.717, 1.165) is 68.9 Å². The number of rotatable bonds is 6. The molecule has 0 aliphatic carbocycles. The summed E-state index contributed by atoms with van der Waals surface area (Å²) in [5.41, 5.74) is 3.42. The molecular formula is C25H28N4OS. The van der Waals surface area contributed by atoms with Gasteiger partial charge in [-0.2, -0.15) is 4.37 Å². The van der Waals surface area contributed by atoms with Gasteiger partial charge in [0.05, 0.1) is 10.2 Å². The molecule has 0 saturated carbocycles. The molecule has 5 nitrogen and oxygen atoms in total. The molecule has 31 heavy (non-hydrogen) atoms. The summed E-state index contributed by atoms with van der Waals surface area (Å²) in [5.74, 6) is 1.13. The molecule has 1 aliphatic heterocycles. The Kier molecular flexibility index (Phi) is 5.74. The van der Waals surface area contributed by atoms with E-state index in [4.69, 9.17) is 4.37 Å². The number of piperazine rings is 1. The highest BCUT2D eigenvalue weighted by atomic mass is 32.1. The monoisotopic (exact) mass is 432 g/mol. The van der Waals surface area contributed by atoms with Crippen LogP contribution in [0.15, 0.2) is 53.3 Å². The molecule has 0 atom stereocenters. The lowest BCUT2D eigenvalue weighted by Crippen LogP contribution is -2.47. The number of pyridine rings is 1. The Morgan fingerprint density at radius 2 is 1.77 bits per heavy atom. The first-order valence-electron chi connectivity index (χ1n) is 11.2. The van der Waals surface area contributed by atoms with Gasteiger partial charge in [-0.25, -0.2) is 0 Å². The second-order valence-electron chi connectivity index (χ2n) is 8.33. The molecule has 1 fully saturated rings. The molecule has 160 valence electrons. The first-order chi connectivity index (χ1) is 15.2. The summed E-state index contributed by atoms with van der Waals surface area (Å²) in [4.78, 5) is 20.2. The topological polar surface area (TPSA) is 52.2 Å². The predicted molar refractivity (Wildman–Crippen MR) is 131 cm³/mol. The van der Waals surface area contributed by atoms with Crippen LogP contribution in [0.25, 0.3) is 21.0 Å². The average Bonchev–Trinajstić information content (AvgIpc) is 3.22. The number of fused-ring (bicyclic) bond motifs is 2. The molecule has 3 heterocycles. The average molecular weight is 433 g/mol. The van der Waals surface area contributed by atoms with E-state index in [2.05, 4.69) is 64.2 Å². The molecule has 1 saturated heterocycles. The first kappa shape index (κ1) is 20.2. The van der Waals surface area contributed by atoms with E-state index in [1.165, 1.54) is 21.0 Å². The van der Waals surface area contributed by atoms with Gasteiger partial charge in [0, 0.05) is 49.6 Å². The minimum atomic E-state index is 0.00695. The van der Waals surface area contributed by atoms with Gasteiger partial charge in [-0.05, 0) is 47.6 Å². The van der Waals surface area contributed by atoms with Crippen molar-refractivity contribution in [3.63, 3.8) is 0 Å². The van der Waals surface area contributed by atoms with Crippen LogP contribution in [0.3, 0.4) is 0 Å². The number of aryl methyl sites for hydroxylation is 1. The van der Waals surface area contributed by atoms with Gasteiger partial charge in [-0.3, -0.25) is 9.69 Å². The minimum Gasteiger partial charge on any atom is -0.353 e. The lowest BCUT2D eigenvalue weighted by Gasteiger charge is -2.35. The van der Waals surface area contributed by atoms with Crippen LogP contribution in [0.5, 0.6) is 0 Å². The van der Waals surface area contributed by atoms with Gasteiger partial charge in [-0.15, -0.1) is 0 Å². The maximum absolute atomic E-state index is 12.2. The summed E-state index contributed by atoms with van der Waals surface area (Å²) in [6, 6.07) is 16.7. The molecule has 4 aromatic rings. The Balaban J connectivity index is 1.26. The van der Waals surface area contributed by atoms with Crippen LogP contribution in [0, 0.1) is 0 Å². The number of nitrogens with one attached hydrogen (secondary N) is 1. The molecule has 2 aromatic heterocycles. The Morgan fingerprint density at radius 1 is 0.968 bits per heavy atom. The number of anilines is 1. The number of hydrogen-bond donors (Lipinski definition) is 1. The summed E-state index contributed by atoms with van der Waals surface area (Å²) in [6.07, 6.45) is 2.93. The van der Waals surface area contributed by atoms with Crippen LogP contribution in [0.1, 0.15) is 24.5 Å². The van der Waals surface area contributed by atoms with Crippen molar-refractivity contribution in [2.24, 2.45) is 0 Å². The zero-order chi connectivity index (χ0) is 21.2. The number of hydrogen-bond acceptors (Lipinski definition) is 5. The highest BCUT2D eigenvalue weighted by molar-refractivity contribution is 7.13. The maximum atomic E-state index is 12.2. The zero-order valence-electron chi connectivity index (χ0n) is 17.9. The summed E-state index contributed by atoms with van der Waals surface area (Å²) >= 11 is 1.59. The van der Waals surface area contributed by atoms with E-state index in [-0.39, 0.29) is 5.56 Å². The van der Waals surface area contributed by atoms with Gasteiger partial charge in [0.1, 0.15) is 5.82 Å². The minimum absolute atomic E-state index is 0.00695. The predicted octanol–water partition coefficient (Wildman–Crippen LogP) is 4.46. The number of nitrogens with zero attached hydrogens (tertiary/aromatic N) is 3. The fourth-order valence-electron chi connectivity index (χ4n) is 4.66. The third kappa shape index (κ3) is 4.10. The number of aromatic amines is 1. The van der Waals surface area contributed by atoms with Gasteiger partial charge in [0.15, 0.2) is 0 Å². The van der Waals surface area contributed by atoms with E-state index in [0.29, 0.717) is 0 Å². The van der Waals surface area contributed by atoms with Crippen molar-refractivity contribution >= 4 is 38.3 Å². The van der Waals surface area contributed by atoms with Gasteiger partial charge in [0.2, 0.25) is 5.56 Å². The SMILES string of the molecule is CCCc1cc(=O)[nH]c2c(CCN3CCN(c4nsc5ccccc45)CC3)cccc12. The van der Waals surface area contributed by atoms with Crippen LogP contribution in [0.4, 0.5) is 5.82 Å². The van der Waals surface area contributed by atoms with E-state index < -0.39 is 0 Å². The van der Waals surface area contributed by atoms with Gasteiger partial charge < -0.3 is 9.88 Å². The molecule has 0 unspecified atom stereocenters. The normalized spacial score (nSPS) is 15.2. The summed E-state index contributed by atoms with van der Waals surface area (Å²) < 4.78 is 5.98. The lowest BCUT2D eigenvalue weighted by atomic mass is 10.0. The van der Waals surface area contributed by atoms with Crippen molar-refractivity contribution in [1.29, 1.82) is 0 Å². The van der Waals surface area contributed by atoms with Crippen molar-refractivity contribution in [3.8, 4) is 0 Å². The van der Waals surface area contributed by atoms with E-state index in [1.807, 2.05) is 0 Å². The smallest absolute Gasteiger partial charge is 0.248 e. The van der Waals surface area contributed by atoms with Crippen molar-refractivity contribution < 1.29 is 0 Å². The van der Waals surface area contributed by atoms with E-state index in [1.54, 1.807) is 17.6 Å². The molecule has 2 aromatic carbocycles. The van der Waals surface area contributed by atoms with Crippen molar-refractivity contribution in [2.45, 2.75) is 26.2 Å². The molecule has 5 rings (SSSR count). The van der Waals surface area contributed by atoms with Crippen LogP contribution in [0.2, 0.25) is 0 Å². The Labute approximate surface area is 186 Å². The van der Waals surface area contributed by atoms with Gasteiger partial charge >= 0.3 is 0 Å². The van der Waals surface area contributed by atoms with Crippen LogP contribution >= 0.6 is 11.5 Å². The summed E-state index contributed by atoms with van der Waals surface area (Å²) in [6.45, 7) is 7.24. The van der Waals surface area contributed by atoms with E-state index >= 15 is 0 Å². The second kappa shape index (κ2) is 8.81. The van der Waals surface area contributed by atoms with Crippen molar-refractivity contribution in [1.82, 2.24) is 14.3 Å². The fourth-order valence-corrected chi connectivity index (χ4v) is 5.45. The van der Waals surface area contributed by atoms with Crippen LogP contribution in [-0.4, -0.2) is 47.0 Å². The molecular weight excluding hydrogens is 404 g/mol. The Hall–Kier alpha value is -2.70. The quantitative estimate of drug-likeness (QED) is 0.489. The first-order valence-corrected chi connectivity index (χ1v) is 12.0. The van der Waals surface area contributed by atoms with Gasteiger partial charge in [0.25, 0.3) is 0 Å². The molecule has 1 aliphatic rings. The molecule has 0 amide bonds. The number of para-hydroxylation sites is 1. The summed E-state index contributed by atoms with van der Waals surface area (Å²) in [7, 11) is 0. The van der Waals surface area contributed by atoms with Crippen LogP contribution in [-0.2, 0) is 12.8 Å². The summed E-state index contributed by atoms with van der Waals surface area (Å²) in [5, 5.41) is 2.46.